The molecule has 1 aliphatic heterocycles. The summed E-state index contributed by atoms with van der Waals surface area (Å²) in [7, 11) is 0. The minimum absolute atomic E-state index is 0.0219. The molecule has 0 aliphatic carbocycles. The van der Waals surface area contributed by atoms with Gasteiger partial charge < -0.3 is 15.7 Å². The Labute approximate surface area is 113 Å². The Hall–Kier alpha value is -1.56. The highest BCUT2D eigenvalue weighted by Crippen LogP contribution is 2.26. The molecular weight excluding hydrogens is 244 g/mol. The van der Waals surface area contributed by atoms with Crippen molar-refractivity contribution in [2.45, 2.75) is 45.8 Å². The zero-order valence-electron chi connectivity index (χ0n) is 11.8. The third kappa shape index (κ3) is 2.58. The van der Waals surface area contributed by atoms with Gasteiger partial charge in [-0.2, -0.15) is 5.10 Å². The first-order valence-corrected chi connectivity index (χ1v) is 6.66. The maximum absolute atomic E-state index is 12.1. The van der Waals surface area contributed by atoms with Gasteiger partial charge in [-0.05, 0) is 20.3 Å². The summed E-state index contributed by atoms with van der Waals surface area (Å²) in [5, 5.41) is 14.3. The Bertz CT molecular complexity index is 489. The summed E-state index contributed by atoms with van der Waals surface area (Å²) in [6.45, 7) is 6.75. The van der Waals surface area contributed by atoms with Crippen molar-refractivity contribution in [1.82, 2.24) is 14.7 Å². The maximum atomic E-state index is 12.1. The summed E-state index contributed by atoms with van der Waals surface area (Å²) in [6, 6.07) is 0. The van der Waals surface area contributed by atoms with Gasteiger partial charge >= 0.3 is 0 Å². The number of aryl methyl sites for hydroxylation is 1. The van der Waals surface area contributed by atoms with Crippen molar-refractivity contribution in [2.75, 3.05) is 18.8 Å². The number of aromatic nitrogens is 2. The highest BCUT2D eigenvalue weighted by atomic mass is 16.3. The normalized spacial score (nSPS) is 17.4. The lowest BCUT2D eigenvalue weighted by atomic mass is 9.89. The molecule has 1 saturated heterocycles. The van der Waals surface area contributed by atoms with Gasteiger partial charge in [0.25, 0.3) is 0 Å². The van der Waals surface area contributed by atoms with Crippen LogP contribution in [0.25, 0.3) is 0 Å². The van der Waals surface area contributed by atoms with Crippen molar-refractivity contribution in [3.8, 4) is 0 Å². The van der Waals surface area contributed by atoms with E-state index >= 15 is 0 Å². The molecule has 0 saturated carbocycles. The average molecular weight is 266 g/mol. The van der Waals surface area contributed by atoms with Gasteiger partial charge in [-0.25, -0.2) is 0 Å². The van der Waals surface area contributed by atoms with Crippen LogP contribution in [0.2, 0.25) is 0 Å². The second-order valence-electron chi connectivity index (χ2n) is 5.47. The van der Waals surface area contributed by atoms with Crippen molar-refractivity contribution in [2.24, 2.45) is 0 Å². The van der Waals surface area contributed by atoms with E-state index in [-0.39, 0.29) is 12.5 Å². The van der Waals surface area contributed by atoms with Crippen LogP contribution in [-0.2, 0) is 11.3 Å². The van der Waals surface area contributed by atoms with E-state index in [9.17, 15) is 9.90 Å². The van der Waals surface area contributed by atoms with Crippen molar-refractivity contribution in [3.05, 3.63) is 11.4 Å². The molecule has 0 aromatic carbocycles. The predicted molar refractivity (Wildman–Crippen MR) is 72.6 cm³/mol. The highest BCUT2D eigenvalue weighted by molar-refractivity contribution is 5.77. The van der Waals surface area contributed by atoms with Crippen molar-refractivity contribution in [1.29, 1.82) is 0 Å². The molecule has 6 heteroatoms. The Balaban J connectivity index is 1.94. The molecule has 0 unspecified atom stereocenters. The lowest BCUT2D eigenvalue weighted by Gasteiger charge is -2.46. The number of aliphatic hydroxyl groups is 1. The van der Waals surface area contributed by atoms with Gasteiger partial charge in [0.15, 0.2) is 0 Å². The molecule has 0 bridgehead atoms. The summed E-state index contributed by atoms with van der Waals surface area (Å²) in [6.07, 6.45) is 1.66. The molecule has 0 atom stereocenters. The first-order valence-electron chi connectivity index (χ1n) is 6.66. The Morgan fingerprint density at radius 3 is 2.58 bits per heavy atom. The summed E-state index contributed by atoms with van der Waals surface area (Å²) in [4.78, 5) is 13.7. The smallest absolute Gasteiger partial charge is 0.244 e. The van der Waals surface area contributed by atoms with Crippen LogP contribution in [0, 0.1) is 13.8 Å². The van der Waals surface area contributed by atoms with Crippen LogP contribution in [0.1, 0.15) is 31.2 Å². The molecule has 1 aromatic rings. The molecule has 2 heterocycles. The van der Waals surface area contributed by atoms with Crippen LogP contribution >= 0.6 is 0 Å². The molecular formula is C13H22N4O2. The number of hydrogen-bond donors (Lipinski definition) is 2. The molecule has 1 aliphatic rings. The number of β-amino-alcohol motifs (C(OH)–C–C–N with tert-alkyl or cyclic N) is 1. The zero-order chi connectivity index (χ0) is 14.2. The van der Waals surface area contributed by atoms with Gasteiger partial charge in [0.2, 0.25) is 5.91 Å². The number of hydrogen-bond acceptors (Lipinski definition) is 4. The van der Waals surface area contributed by atoms with Gasteiger partial charge in [0.1, 0.15) is 6.54 Å². The minimum Gasteiger partial charge on any atom is -0.396 e. The van der Waals surface area contributed by atoms with E-state index in [1.807, 2.05) is 20.8 Å². The van der Waals surface area contributed by atoms with E-state index in [1.54, 1.807) is 9.58 Å². The second-order valence-corrected chi connectivity index (χ2v) is 5.47. The standard InChI is InChI=1S/C13H22N4O2/c1-4-5-13(19)7-16(8-13)11(18)6-17-10(3)12(14)9(2)15-17/h19H,4-8,14H2,1-3H3. The maximum Gasteiger partial charge on any atom is 0.244 e. The summed E-state index contributed by atoms with van der Waals surface area (Å²) in [5.74, 6) is -0.0219. The fourth-order valence-corrected chi connectivity index (χ4v) is 2.56. The molecule has 0 spiro atoms. The SMILES string of the molecule is CCCC1(O)CN(C(=O)Cn2nc(C)c(N)c2C)C1. The predicted octanol–water partition coefficient (Wildman–Crippen LogP) is 0.456. The number of nitrogens with two attached hydrogens (primary N) is 1. The highest BCUT2D eigenvalue weighted by Gasteiger charge is 2.42. The van der Waals surface area contributed by atoms with E-state index < -0.39 is 5.60 Å². The lowest BCUT2D eigenvalue weighted by molar-refractivity contribution is -0.157. The van der Waals surface area contributed by atoms with E-state index in [0.29, 0.717) is 18.8 Å². The van der Waals surface area contributed by atoms with Gasteiger partial charge in [0, 0.05) is 0 Å². The van der Waals surface area contributed by atoms with Gasteiger partial charge in [-0.3, -0.25) is 9.48 Å². The molecule has 1 aromatic heterocycles. The topological polar surface area (TPSA) is 84.4 Å². The zero-order valence-corrected chi connectivity index (χ0v) is 11.8. The van der Waals surface area contributed by atoms with E-state index in [4.69, 9.17) is 5.73 Å². The number of nitrogens with zero attached hydrogens (tertiary/aromatic N) is 3. The number of anilines is 1. The molecule has 6 nitrogen and oxygen atoms in total. The molecule has 3 N–H and O–H groups in total. The average Bonchev–Trinajstić information content (AvgIpc) is 2.54. The lowest BCUT2D eigenvalue weighted by Crippen LogP contribution is -2.63. The summed E-state index contributed by atoms with van der Waals surface area (Å²) < 4.78 is 1.63. The summed E-state index contributed by atoms with van der Waals surface area (Å²) in [5.41, 5.74) is 7.35. The number of carbonyl (C=O) groups is 1. The van der Waals surface area contributed by atoms with E-state index in [0.717, 1.165) is 24.2 Å². The first kappa shape index (κ1) is 13.9. The Morgan fingerprint density at radius 2 is 2.11 bits per heavy atom. The monoisotopic (exact) mass is 266 g/mol. The van der Waals surface area contributed by atoms with Gasteiger partial charge in [-0.15, -0.1) is 0 Å². The first-order chi connectivity index (χ1) is 8.86. The van der Waals surface area contributed by atoms with Crippen molar-refractivity contribution < 1.29 is 9.90 Å². The third-order valence-corrected chi connectivity index (χ3v) is 3.76. The number of likely N-dealkylation sites (tertiary alicyclic amines) is 1. The second kappa shape index (κ2) is 4.85. The van der Waals surface area contributed by atoms with E-state index in [2.05, 4.69) is 5.10 Å². The third-order valence-electron chi connectivity index (χ3n) is 3.76. The molecule has 1 amide bonds. The van der Waals surface area contributed by atoms with Crippen LogP contribution < -0.4 is 5.73 Å². The Morgan fingerprint density at radius 1 is 1.47 bits per heavy atom. The van der Waals surface area contributed by atoms with E-state index in [1.165, 1.54) is 0 Å². The quantitative estimate of drug-likeness (QED) is 0.829. The van der Waals surface area contributed by atoms with Crippen LogP contribution in [0.4, 0.5) is 5.69 Å². The van der Waals surface area contributed by atoms with Crippen LogP contribution in [-0.4, -0.2) is 44.4 Å². The summed E-state index contributed by atoms with van der Waals surface area (Å²) >= 11 is 0. The van der Waals surface area contributed by atoms with Crippen molar-refractivity contribution in [3.63, 3.8) is 0 Å². The molecule has 0 radical (unpaired) electrons. The van der Waals surface area contributed by atoms with Crippen molar-refractivity contribution >= 4 is 11.6 Å². The minimum atomic E-state index is -0.682. The van der Waals surface area contributed by atoms with Gasteiger partial charge in [0.05, 0.1) is 35.8 Å². The fourth-order valence-electron chi connectivity index (χ4n) is 2.56. The molecule has 106 valence electrons. The number of rotatable bonds is 4. The largest absolute Gasteiger partial charge is 0.396 e. The van der Waals surface area contributed by atoms with Crippen LogP contribution in [0.15, 0.2) is 0 Å². The fraction of sp³-hybridized carbons (Fsp3) is 0.692. The molecule has 1 fully saturated rings. The molecule has 2 rings (SSSR count). The van der Waals surface area contributed by atoms with Gasteiger partial charge in [-0.1, -0.05) is 13.3 Å². The molecule has 19 heavy (non-hydrogen) atoms. The Kier molecular flexibility index (Phi) is 3.54. The number of amides is 1. The number of nitrogen functional groups attached to an aromatic ring is 1. The number of carbonyl (C=O) groups excluding carboxylic acids is 1. The van der Waals surface area contributed by atoms with Crippen LogP contribution in [0.3, 0.4) is 0 Å². The van der Waals surface area contributed by atoms with Crippen LogP contribution in [0.5, 0.6) is 0 Å².